The van der Waals surface area contributed by atoms with E-state index in [2.05, 4.69) is 35.4 Å². The average Bonchev–Trinajstić information content (AvgIpc) is 2.37. The number of aromatic nitrogens is 1. The second-order valence-corrected chi connectivity index (χ2v) is 4.55. The monoisotopic (exact) mass is 257 g/mol. The van der Waals surface area contributed by atoms with E-state index in [1.807, 2.05) is 18.2 Å². The molecule has 0 unspecified atom stereocenters. The van der Waals surface area contributed by atoms with Crippen molar-refractivity contribution in [3.8, 4) is 0 Å². The predicted octanol–water partition coefficient (Wildman–Crippen LogP) is 2.64. The molecule has 1 heterocycles. The minimum Gasteiger partial charge on any atom is -0.388 e. The van der Waals surface area contributed by atoms with Crippen molar-refractivity contribution >= 4 is 23.0 Å². The van der Waals surface area contributed by atoms with Crippen molar-refractivity contribution in [3.05, 3.63) is 59.3 Å². The fourth-order valence-corrected chi connectivity index (χ4v) is 1.80. The Balaban J connectivity index is 2.06. The summed E-state index contributed by atoms with van der Waals surface area (Å²) in [7, 11) is 0. The molecule has 0 saturated carbocycles. The number of hydrogen-bond acceptors (Lipinski definition) is 3. The SMILES string of the molecule is Cc1cccc(CNc2cccc(C(N)=S)n2)c1. The molecule has 4 heteroatoms. The first-order valence-corrected chi connectivity index (χ1v) is 6.12. The molecule has 0 atom stereocenters. The largest absolute Gasteiger partial charge is 0.388 e. The number of hydrogen-bond donors (Lipinski definition) is 2. The van der Waals surface area contributed by atoms with Gasteiger partial charge in [-0.2, -0.15) is 0 Å². The first kappa shape index (κ1) is 12.5. The van der Waals surface area contributed by atoms with Gasteiger partial charge >= 0.3 is 0 Å². The van der Waals surface area contributed by atoms with Crippen molar-refractivity contribution in [2.75, 3.05) is 5.32 Å². The van der Waals surface area contributed by atoms with E-state index >= 15 is 0 Å². The van der Waals surface area contributed by atoms with Crippen LogP contribution < -0.4 is 11.1 Å². The maximum atomic E-state index is 5.55. The number of anilines is 1. The van der Waals surface area contributed by atoms with E-state index in [0.717, 1.165) is 12.4 Å². The van der Waals surface area contributed by atoms with E-state index < -0.39 is 0 Å². The zero-order chi connectivity index (χ0) is 13.0. The summed E-state index contributed by atoms with van der Waals surface area (Å²) in [4.78, 5) is 4.65. The molecule has 1 aromatic carbocycles. The Hall–Kier alpha value is -1.94. The van der Waals surface area contributed by atoms with Crippen LogP contribution in [0.25, 0.3) is 0 Å². The van der Waals surface area contributed by atoms with Gasteiger partial charge in [0.25, 0.3) is 0 Å². The number of thiocarbonyl (C=S) groups is 1. The van der Waals surface area contributed by atoms with Gasteiger partial charge in [0.1, 0.15) is 10.8 Å². The Morgan fingerprint density at radius 1 is 1.28 bits per heavy atom. The van der Waals surface area contributed by atoms with E-state index in [0.29, 0.717) is 10.7 Å². The molecule has 0 fully saturated rings. The Morgan fingerprint density at radius 3 is 2.78 bits per heavy atom. The van der Waals surface area contributed by atoms with E-state index in [4.69, 9.17) is 18.0 Å². The quantitative estimate of drug-likeness (QED) is 0.827. The van der Waals surface area contributed by atoms with Gasteiger partial charge in [-0.05, 0) is 24.6 Å². The second-order valence-electron chi connectivity index (χ2n) is 4.11. The highest BCUT2D eigenvalue weighted by atomic mass is 32.1. The highest BCUT2D eigenvalue weighted by Crippen LogP contribution is 2.09. The minimum atomic E-state index is 0.314. The van der Waals surface area contributed by atoms with Crippen molar-refractivity contribution in [1.82, 2.24) is 4.98 Å². The Morgan fingerprint density at radius 2 is 2.06 bits per heavy atom. The molecule has 1 aromatic heterocycles. The van der Waals surface area contributed by atoms with Crippen LogP contribution in [0.4, 0.5) is 5.82 Å². The molecule has 0 spiro atoms. The molecule has 0 radical (unpaired) electrons. The van der Waals surface area contributed by atoms with Crippen LogP contribution >= 0.6 is 12.2 Å². The molecule has 0 aliphatic carbocycles. The zero-order valence-electron chi connectivity index (χ0n) is 10.2. The van der Waals surface area contributed by atoms with Gasteiger partial charge in [0, 0.05) is 6.54 Å². The molecule has 2 rings (SSSR count). The summed E-state index contributed by atoms with van der Waals surface area (Å²) in [5, 5.41) is 3.26. The molecule has 0 amide bonds. The third kappa shape index (κ3) is 3.28. The van der Waals surface area contributed by atoms with Gasteiger partial charge in [-0.25, -0.2) is 4.98 Å². The minimum absolute atomic E-state index is 0.314. The number of nitrogens with zero attached hydrogens (tertiary/aromatic N) is 1. The number of benzene rings is 1. The lowest BCUT2D eigenvalue weighted by Gasteiger charge is -2.07. The van der Waals surface area contributed by atoms with Crippen LogP contribution in [0.2, 0.25) is 0 Å². The van der Waals surface area contributed by atoms with E-state index in [1.54, 1.807) is 6.07 Å². The predicted molar refractivity (Wildman–Crippen MR) is 78.6 cm³/mol. The molecule has 0 aliphatic heterocycles. The van der Waals surface area contributed by atoms with Crippen LogP contribution in [0.1, 0.15) is 16.8 Å². The van der Waals surface area contributed by atoms with Gasteiger partial charge in [0.05, 0.1) is 5.69 Å². The summed E-state index contributed by atoms with van der Waals surface area (Å²) in [6.07, 6.45) is 0. The van der Waals surface area contributed by atoms with Crippen molar-refractivity contribution in [3.63, 3.8) is 0 Å². The van der Waals surface area contributed by atoms with Gasteiger partial charge in [0.2, 0.25) is 0 Å². The first-order chi connectivity index (χ1) is 8.65. The van der Waals surface area contributed by atoms with Gasteiger partial charge in [-0.1, -0.05) is 48.1 Å². The van der Waals surface area contributed by atoms with Crippen LogP contribution in [0, 0.1) is 6.92 Å². The topological polar surface area (TPSA) is 50.9 Å². The van der Waals surface area contributed by atoms with E-state index in [1.165, 1.54) is 11.1 Å². The van der Waals surface area contributed by atoms with Crippen molar-refractivity contribution < 1.29 is 0 Å². The van der Waals surface area contributed by atoms with Crippen LogP contribution in [0.3, 0.4) is 0 Å². The van der Waals surface area contributed by atoms with E-state index in [-0.39, 0.29) is 0 Å². The normalized spacial score (nSPS) is 10.1. The highest BCUT2D eigenvalue weighted by molar-refractivity contribution is 7.80. The Kier molecular flexibility index (Phi) is 3.89. The molecule has 3 N–H and O–H groups in total. The maximum Gasteiger partial charge on any atom is 0.127 e. The first-order valence-electron chi connectivity index (χ1n) is 5.71. The van der Waals surface area contributed by atoms with Crippen molar-refractivity contribution in [1.29, 1.82) is 0 Å². The lowest BCUT2D eigenvalue weighted by molar-refractivity contribution is 1.10. The summed E-state index contributed by atoms with van der Waals surface area (Å²) in [5.74, 6) is 0.779. The standard InChI is InChI=1S/C14H15N3S/c1-10-4-2-5-11(8-10)9-16-13-7-3-6-12(17-13)14(15)18/h2-8H,9H2,1H3,(H2,15,18)(H,16,17). The molecule has 3 nitrogen and oxygen atoms in total. The zero-order valence-corrected chi connectivity index (χ0v) is 11.0. The summed E-state index contributed by atoms with van der Waals surface area (Å²) < 4.78 is 0. The van der Waals surface area contributed by atoms with Gasteiger partial charge in [-0.3, -0.25) is 0 Å². The van der Waals surface area contributed by atoms with Gasteiger partial charge in [-0.15, -0.1) is 0 Å². The second kappa shape index (κ2) is 5.60. The number of rotatable bonds is 4. The van der Waals surface area contributed by atoms with Crippen LogP contribution in [0.5, 0.6) is 0 Å². The smallest absolute Gasteiger partial charge is 0.127 e. The summed E-state index contributed by atoms with van der Waals surface area (Å²) in [6, 6.07) is 13.9. The lowest BCUT2D eigenvalue weighted by atomic mass is 10.1. The molecule has 0 saturated heterocycles. The van der Waals surface area contributed by atoms with Gasteiger partial charge < -0.3 is 11.1 Å². The maximum absolute atomic E-state index is 5.55. The van der Waals surface area contributed by atoms with Crippen molar-refractivity contribution in [2.24, 2.45) is 5.73 Å². The number of nitrogens with two attached hydrogens (primary N) is 1. The molecule has 18 heavy (non-hydrogen) atoms. The fraction of sp³-hybridized carbons (Fsp3) is 0.143. The molecule has 2 aromatic rings. The Labute approximate surface area is 112 Å². The van der Waals surface area contributed by atoms with Crippen LogP contribution in [0.15, 0.2) is 42.5 Å². The van der Waals surface area contributed by atoms with E-state index in [9.17, 15) is 0 Å². The fourth-order valence-electron chi connectivity index (χ4n) is 1.69. The molecule has 0 aliphatic rings. The summed E-state index contributed by atoms with van der Waals surface area (Å²) >= 11 is 4.90. The molecular formula is C14H15N3S. The van der Waals surface area contributed by atoms with Crippen LogP contribution in [-0.2, 0) is 6.54 Å². The summed E-state index contributed by atoms with van der Waals surface area (Å²) in [5.41, 5.74) is 8.66. The van der Waals surface area contributed by atoms with Crippen molar-refractivity contribution in [2.45, 2.75) is 13.5 Å². The van der Waals surface area contributed by atoms with Crippen LogP contribution in [-0.4, -0.2) is 9.97 Å². The Bertz CT molecular complexity index is 566. The van der Waals surface area contributed by atoms with Gasteiger partial charge in [0.15, 0.2) is 0 Å². The lowest BCUT2D eigenvalue weighted by Crippen LogP contribution is -2.12. The number of pyridine rings is 1. The average molecular weight is 257 g/mol. The molecule has 92 valence electrons. The summed E-state index contributed by atoms with van der Waals surface area (Å²) in [6.45, 7) is 2.81. The third-order valence-electron chi connectivity index (χ3n) is 2.56. The molecule has 0 bridgehead atoms. The molecular weight excluding hydrogens is 242 g/mol. The number of aryl methyl sites for hydroxylation is 1. The number of nitrogens with one attached hydrogen (secondary N) is 1. The third-order valence-corrected chi connectivity index (χ3v) is 2.77. The highest BCUT2D eigenvalue weighted by Gasteiger charge is 2.00.